The molecule has 2 rings (SSSR count). The molecule has 134 valence electrons. The number of nitrogens with one attached hydrogen (secondary N) is 1. The van der Waals surface area contributed by atoms with Crippen LogP contribution >= 0.6 is 0 Å². The van der Waals surface area contributed by atoms with Crippen LogP contribution in [0.4, 0.5) is 10.5 Å². The Morgan fingerprint density at radius 2 is 1.71 bits per heavy atom. The number of nitrogens with zero attached hydrogens (tertiary/aromatic N) is 1. The number of hydrogen-bond donors (Lipinski definition) is 1. The van der Waals surface area contributed by atoms with Crippen LogP contribution in [0, 0.1) is 0 Å². The van der Waals surface area contributed by atoms with Crippen molar-refractivity contribution in [2.24, 2.45) is 0 Å². The standard InChI is InChI=1S/C18H28N2O3S/c1-12(2)15-7-6-8-16(13(3)4)17(15)19-18(21)20(5)14-9-10-24(22,23)11-14/h6-8,12-14H,9-11H2,1-5H3,(H,19,21). The minimum Gasteiger partial charge on any atom is -0.324 e. The Balaban J connectivity index is 2.25. The van der Waals surface area contributed by atoms with Crippen molar-refractivity contribution in [2.45, 2.75) is 52.0 Å². The van der Waals surface area contributed by atoms with Crippen LogP contribution < -0.4 is 5.32 Å². The number of urea groups is 1. The maximum Gasteiger partial charge on any atom is 0.321 e. The summed E-state index contributed by atoms with van der Waals surface area (Å²) in [6, 6.07) is 5.60. The summed E-state index contributed by atoms with van der Waals surface area (Å²) in [5, 5.41) is 3.04. The fraction of sp³-hybridized carbons (Fsp3) is 0.611. The second-order valence-corrected chi connectivity index (χ2v) is 9.45. The number of para-hydroxylation sites is 1. The SMILES string of the molecule is CC(C)c1cccc(C(C)C)c1NC(=O)N(C)C1CCS(=O)(=O)C1. The van der Waals surface area contributed by atoms with E-state index in [2.05, 4.69) is 33.0 Å². The topological polar surface area (TPSA) is 66.5 Å². The fourth-order valence-corrected chi connectivity index (χ4v) is 4.91. The number of amides is 2. The Labute approximate surface area is 145 Å². The number of carbonyl (C=O) groups excluding carboxylic acids is 1. The Kier molecular flexibility index (Phi) is 5.58. The van der Waals surface area contributed by atoms with Crippen LogP contribution in [-0.2, 0) is 9.84 Å². The summed E-state index contributed by atoms with van der Waals surface area (Å²) >= 11 is 0. The van der Waals surface area contributed by atoms with Gasteiger partial charge in [-0.25, -0.2) is 13.2 Å². The molecule has 0 aromatic heterocycles. The van der Waals surface area contributed by atoms with E-state index in [1.54, 1.807) is 7.05 Å². The highest BCUT2D eigenvalue weighted by molar-refractivity contribution is 7.91. The molecule has 5 nitrogen and oxygen atoms in total. The molecule has 1 N–H and O–H groups in total. The third kappa shape index (κ3) is 4.09. The summed E-state index contributed by atoms with van der Waals surface area (Å²) in [5.41, 5.74) is 3.06. The molecule has 0 radical (unpaired) electrons. The summed E-state index contributed by atoms with van der Waals surface area (Å²) in [5.74, 6) is 0.793. The van der Waals surface area contributed by atoms with E-state index in [0.29, 0.717) is 6.42 Å². The Hall–Kier alpha value is -1.56. The molecule has 1 heterocycles. The van der Waals surface area contributed by atoms with Gasteiger partial charge >= 0.3 is 6.03 Å². The van der Waals surface area contributed by atoms with Crippen molar-refractivity contribution < 1.29 is 13.2 Å². The molecule has 1 aliphatic rings. The largest absolute Gasteiger partial charge is 0.324 e. The van der Waals surface area contributed by atoms with E-state index in [4.69, 9.17) is 0 Å². The van der Waals surface area contributed by atoms with Gasteiger partial charge in [-0.2, -0.15) is 0 Å². The smallest absolute Gasteiger partial charge is 0.321 e. The lowest BCUT2D eigenvalue weighted by Gasteiger charge is -2.26. The van der Waals surface area contributed by atoms with Crippen molar-refractivity contribution >= 4 is 21.6 Å². The summed E-state index contributed by atoms with van der Waals surface area (Å²) in [7, 11) is -1.34. The van der Waals surface area contributed by atoms with Gasteiger partial charge in [0, 0.05) is 18.8 Å². The van der Waals surface area contributed by atoms with Crippen LogP contribution in [0.25, 0.3) is 0 Å². The summed E-state index contributed by atoms with van der Waals surface area (Å²) in [6.45, 7) is 8.40. The minimum atomic E-state index is -3.01. The molecule has 1 saturated heterocycles. The van der Waals surface area contributed by atoms with E-state index in [-0.39, 0.29) is 35.4 Å². The van der Waals surface area contributed by atoms with E-state index in [1.807, 2.05) is 18.2 Å². The van der Waals surface area contributed by atoms with Crippen LogP contribution in [0.2, 0.25) is 0 Å². The first kappa shape index (κ1) is 18.8. The van der Waals surface area contributed by atoms with Gasteiger partial charge in [-0.15, -0.1) is 0 Å². The van der Waals surface area contributed by atoms with E-state index < -0.39 is 9.84 Å². The summed E-state index contributed by atoms with van der Waals surface area (Å²) in [4.78, 5) is 14.2. The zero-order valence-electron chi connectivity index (χ0n) is 15.2. The average Bonchev–Trinajstić information content (AvgIpc) is 2.86. The van der Waals surface area contributed by atoms with Crippen molar-refractivity contribution in [1.29, 1.82) is 0 Å². The maximum atomic E-state index is 12.7. The molecule has 0 bridgehead atoms. The third-order valence-electron chi connectivity index (χ3n) is 4.68. The number of rotatable bonds is 4. The van der Waals surface area contributed by atoms with E-state index in [1.165, 1.54) is 4.90 Å². The number of carbonyl (C=O) groups is 1. The molecule has 1 aromatic rings. The molecule has 0 aliphatic carbocycles. The van der Waals surface area contributed by atoms with Crippen molar-refractivity contribution in [3.8, 4) is 0 Å². The molecule has 1 aromatic carbocycles. The zero-order valence-corrected chi connectivity index (χ0v) is 16.0. The van der Waals surface area contributed by atoms with Gasteiger partial charge in [0.2, 0.25) is 0 Å². The zero-order chi connectivity index (χ0) is 18.1. The lowest BCUT2D eigenvalue weighted by molar-refractivity contribution is 0.209. The van der Waals surface area contributed by atoms with Crippen molar-refractivity contribution in [2.75, 3.05) is 23.9 Å². The molecule has 0 saturated carbocycles. The molecule has 1 fully saturated rings. The number of benzene rings is 1. The van der Waals surface area contributed by atoms with E-state index in [9.17, 15) is 13.2 Å². The Bertz CT molecular complexity index is 685. The highest BCUT2D eigenvalue weighted by atomic mass is 32.2. The van der Waals surface area contributed by atoms with Crippen LogP contribution in [-0.4, -0.2) is 43.9 Å². The summed E-state index contributed by atoms with van der Waals surface area (Å²) < 4.78 is 23.3. The molecule has 24 heavy (non-hydrogen) atoms. The minimum absolute atomic E-state index is 0.0553. The van der Waals surface area contributed by atoms with Crippen molar-refractivity contribution in [1.82, 2.24) is 4.90 Å². The first-order valence-corrected chi connectivity index (χ1v) is 10.3. The highest BCUT2D eigenvalue weighted by Crippen LogP contribution is 2.32. The Morgan fingerprint density at radius 1 is 1.17 bits per heavy atom. The van der Waals surface area contributed by atoms with Crippen LogP contribution in [0.15, 0.2) is 18.2 Å². The quantitative estimate of drug-likeness (QED) is 0.900. The predicted molar refractivity (Wildman–Crippen MR) is 98.5 cm³/mol. The molecule has 6 heteroatoms. The Morgan fingerprint density at radius 3 is 2.12 bits per heavy atom. The van der Waals surface area contributed by atoms with Gasteiger partial charge < -0.3 is 10.2 Å². The summed E-state index contributed by atoms with van der Waals surface area (Å²) in [6.07, 6.45) is 0.509. The monoisotopic (exact) mass is 352 g/mol. The second-order valence-electron chi connectivity index (χ2n) is 7.22. The molecule has 1 atom stereocenters. The van der Waals surface area contributed by atoms with Crippen LogP contribution in [0.1, 0.15) is 57.1 Å². The lowest BCUT2D eigenvalue weighted by Crippen LogP contribution is -2.40. The average molecular weight is 353 g/mol. The van der Waals surface area contributed by atoms with Gasteiger partial charge in [0.25, 0.3) is 0 Å². The number of sulfone groups is 1. The molecule has 1 unspecified atom stereocenters. The molecular formula is C18H28N2O3S. The molecule has 1 aliphatic heterocycles. The number of hydrogen-bond acceptors (Lipinski definition) is 3. The first-order chi connectivity index (χ1) is 11.1. The van der Waals surface area contributed by atoms with Crippen LogP contribution in [0.3, 0.4) is 0 Å². The second kappa shape index (κ2) is 7.13. The highest BCUT2D eigenvalue weighted by Gasteiger charge is 2.33. The predicted octanol–water partition coefficient (Wildman–Crippen LogP) is 3.58. The van der Waals surface area contributed by atoms with Gasteiger partial charge in [0.15, 0.2) is 9.84 Å². The van der Waals surface area contributed by atoms with Gasteiger partial charge in [0.05, 0.1) is 11.5 Å². The van der Waals surface area contributed by atoms with Crippen molar-refractivity contribution in [3.05, 3.63) is 29.3 Å². The number of anilines is 1. The molecule has 2 amide bonds. The lowest BCUT2D eigenvalue weighted by atomic mass is 9.93. The van der Waals surface area contributed by atoms with Crippen molar-refractivity contribution in [3.63, 3.8) is 0 Å². The van der Waals surface area contributed by atoms with Crippen LogP contribution in [0.5, 0.6) is 0 Å². The molecule has 0 spiro atoms. The van der Waals surface area contributed by atoms with E-state index >= 15 is 0 Å². The normalized spacial score (nSPS) is 19.7. The fourth-order valence-electron chi connectivity index (χ4n) is 3.14. The third-order valence-corrected chi connectivity index (χ3v) is 6.43. The maximum absolute atomic E-state index is 12.7. The van der Waals surface area contributed by atoms with Gasteiger partial charge in [0.1, 0.15) is 0 Å². The molecular weight excluding hydrogens is 324 g/mol. The first-order valence-electron chi connectivity index (χ1n) is 8.49. The van der Waals surface area contributed by atoms with E-state index in [0.717, 1.165) is 16.8 Å². The van der Waals surface area contributed by atoms with Gasteiger partial charge in [-0.1, -0.05) is 45.9 Å². The van der Waals surface area contributed by atoms with Gasteiger partial charge in [-0.3, -0.25) is 0 Å². The van der Waals surface area contributed by atoms with Gasteiger partial charge in [-0.05, 0) is 29.4 Å².